The fraction of sp³-hybridized carbons (Fsp3) is 0.200. The van der Waals surface area contributed by atoms with E-state index in [4.69, 9.17) is 5.73 Å². The van der Waals surface area contributed by atoms with E-state index in [1.54, 1.807) is 6.29 Å². The van der Waals surface area contributed by atoms with Gasteiger partial charge in [-0.25, -0.2) is 4.98 Å². The molecule has 0 spiro atoms. The van der Waals surface area contributed by atoms with Crippen LogP contribution >= 0.6 is 11.5 Å². The molecular formula is C5H5N4O2S. The van der Waals surface area contributed by atoms with Gasteiger partial charge >= 0.3 is 0 Å². The Labute approximate surface area is 72.0 Å². The average Bonchev–Trinajstić information content (AvgIpc) is 2.47. The molecule has 1 aromatic heterocycles. The van der Waals surface area contributed by atoms with Gasteiger partial charge in [0.1, 0.15) is 0 Å². The fourth-order valence-corrected chi connectivity index (χ4v) is 1.06. The molecule has 1 radical (unpaired) electrons. The van der Waals surface area contributed by atoms with Crippen molar-refractivity contribution in [3.05, 3.63) is 5.82 Å². The summed E-state index contributed by atoms with van der Waals surface area (Å²) in [7, 11) is 0. The summed E-state index contributed by atoms with van der Waals surface area (Å²) in [5, 5.41) is 2.43. The molecule has 0 fully saturated rings. The van der Waals surface area contributed by atoms with Crippen LogP contribution in [0.15, 0.2) is 0 Å². The zero-order valence-corrected chi connectivity index (χ0v) is 6.67. The van der Waals surface area contributed by atoms with E-state index in [-0.39, 0.29) is 11.0 Å². The highest BCUT2D eigenvalue weighted by Gasteiger charge is 2.14. The monoisotopic (exact) mass is 185 g/mol. The van der Waals surface area contributed by atoms with Crippen molar-refractivity contribution in [2.45, 2.75) is 6.04 Å². The number of hydrogen-bond donors (Lipinski definition) is 2. The number of nitrogens with two attached hydrogens (primary N) is 1. The Bertz CT molecular complexity index is 287. The zero-order chi connectivity index (χ0) is 8.97. The Morgan fingerprint density at radius 2 is 2.50 bits per heavy atom. The molecule has 3 N–H and O–H groups in total. The van der Waals surface area contributed by atoms with E-state index in [0.29, 0.717) is 6.41 Å². The minimum absolute atomic E-state index is 0.166. The van der Waals surface area contributed by atoms with Crippen LogP contribution in [0.4, 0.5) is 5.13 Å². The Balaban J connectivity index is 2.78. The van der Waals surface area contributed by atoms with Crippen molar-refractivity contribution < 1.29 is 9.59 Å². The molecule has 0 saturated heterocycles. The molecule has 1 heterocycles. The first kappa shape index (κ1) is 8.60. The van der Waals surface area contributed by atoms with Crippen LogP contribution in [0.25, 0.3) is 0 Å². The second-order valence-electron chi connectivity index (χ2n) is 1.83. The number of nitrogens with zero attached hydrogens (tertiary/aromatic N) is 2. The first-order valence-electron chi connectivity index (χ1n) is 2.94. The van der Waals surface area contributed by atoms with E-state index >= 15 is 0 Å². The van der Waals surface area contributed by atoms with Gasteiger partial charge in [-0.1, -0.05) is 0 Å². The largest absolute Gasteiger partial charge is 0.374 e. The molecule has 7 heteroatoms. The van der Waals surface area contributed by atoms with Gasteiger partial charge in [-0.15, -0.1) is 0 Å². The molecule has 1 rings (SSSR count). The fourth-order valence-electron chi connectivity index (χ4n) is 0.594. The number of amides is 1. The molecule has 0 aromatic carbocycles. The molecule has 0 aliphatic rings. The van der Waals surface area contributed by atoms with E-state index in [2.05, 4.69) is 14.7 Å². The predicted molar refractivity (Wildman–Crippen MR) is 42.0 cm³/mol. The molecule has 12 heavy (non-hydrogen) atoms. The maximum absolute atomic E-state index is 10.2. The standard InChI is InChI=1S/C5H5N4O2S/c6-5-8-4(9-12-5)3(1-10)7-2-11/h2-3H,(H,7,11)(H2,6,8,9). The van der Waals surface area contributed by atoms with E-state index in [1.807, 2.05) is 0 Å². The summed E-state index contributed by atoms with van der Waals surface area (Å²) in [6, 6.07) is -0.920. The third kappa shape index (κ3) is 1.76. The molecule has 0 aliphatic heterocycles. The number of carbonyl (C=O) groups is 1. The van der Waals surface area contributed by atoms with E-state index < -0.39 is 6.04 Å². The highest BCUT2D eigenvalue weighted by Crippen LogP contribution is 2.11. The predicted octanol–water partition coefficient (Wildman–Crippen LogP) is -0.983. The summed E-state index contributed by atoms with van der Waals surface area (Å²) in [5.74, 6) is 0.166. The lowest BCUT2D eigenvalue weighted by Gasteiger charge is -2.00. The third-order valence-electron chi connectivity index (χ3n) is 1.07. The summed E-state index contributed by atoms with van der Waals surface area (Å²) >= 11 is 0.956. The van der Waals surface area contributed by atoms with Crippen LogP contribution in [0.2, 0.25) is 0 Å². The maximum Gasteiger partial charge on any atom is 0.231 e. The van der Waals surface area contributed by atoms with Crippen LogP contribution < -0.4 is 11.1 Å². The Kier molecular flexibility index (Phi) is 2.70. The van der Waals surface area contributed by atoms with Crippen LogP contribution in [0.3, 0.4) is 0 Å². The van der Waals surface area contributed by atoms with Gasteiger partial charge in [0.15, 0.2) is 17.0 Å². The lowest BCUT2D eigenvalue weighted by molar-refractivity contribution is -0.109. The van der Waals surface area contributed by atoms with Crippen LogP contribution in [-0.2, 0) is 9.59 Å². The van der Waals surface area contributed by atoms with Gasteiger partial charge in [-0.3, -0.25) is 9.59 Å². The average molecular weight is 185 g/mol. The van der Waals surface area contributed by atoms with Gasteiger partial charge in [-0.2, -0.15) is 4.37 Å². The molecule has 63 valence electrons. The molecular weight excluding hydrogens is 180 g/mol. The summed E-state index contributed by atoms with van der Waals surface area (Å²) in [6.07, 6.45) is 1.95. The number of nitrogen functional groups attached to an aromatic ring is 1. The Hall–Kier alpha value is -1.50. The number of rotatable bonds is 4. The van der Waals surface area contributed by atoms with Gasteiger partial charge in [0.25, 0.3) is 0 Å². The summed E-state index contributed by atoms with van der Waals surface area (Å²) in [6.45, 7) is 0. The van der Waals surface area contributed by atoms with E-state index in [0.717, 1.165) is 11.5 Å². The van der Waals surface area contributed by atoms with Crippen LogP contribution in [-0.4, -0.2) is 22.1 Å². The molecule has 6 nitrogen and oxygen atoms in total. The minimum Gasteiger partial charge on any atom is -0.374 e. The highest BCUT2D eigenvalue weighted by molar-refractivity contribution is 7.09. The van der Waals surface area contributed by atoms with Crippen molar-refractivity contribution in [1.29, 1.82) is 0 Å². The van der Waals surface area contributed by atoms with E-state index in [1.165, 1.54) is 0 Å². The normalized spacial score (nSPS) is 12.0. The summed E-state index contributed by atoms with van der Waals surface area (Å²) in [5.41, 5.74) is 5.27. The molecule has 1 unspecified atom stereocenters. The van der Waals surface area contributed by atoms with Crippen molar-refractivity contribution in [3.63, 3.8) is 0 Å². The van der Waals surface area contributed by atoms with Gasteiger partial charge in [0.2, 0.25) is 12.7 Å². The first-order valence-corrected chi connectivity index (χ1v) is 3.71. The lowest BCUT2D eigenvalue weighted by atomic mass is 10.3. The lowest BCUT2D eigenvalue weighted by Crippen LogP contribution is -2.21. The van der Waals surface area contributed by atoms with Crippen molar-refractivity contribution >= 4 is 29.4 Å². The number of aromatic nitrogens is 2. The zero-order valence-electron chi connectivity index (χ0n) is 5.85. The van der Waals surface area contributed by atoms with Crippen molar-refractivity contribution in [2.75, 3.05) is 5.73 Å². The number of carbonyl (C=O) groups excluding carboxylic acids is 2. The Morgan fingerprint density at radius 1 is 1.75 bits per heavy atom. The third-order valence-corrected chi connectivity index (χ3v) is 1.62. The second-order valence-corrected chi connectivity index (χ2v) is 2.61. The molecule has 1 atom stereocenters. The number of anilines is 1. The topological polar surface area (TPSA) is 98.0 Å². The van der Waals surface area contributed by atoms with Crippen LogP contribution in [0.1, 0.15) is 11.9 Å². The Morgan fingerprint density at radius 3 is 2.92 bits per heavy atom. The second kappa shape index (κ2) is 3.77. The molecule has 0 saturated carbocycles. The van der Waals surface area contributed by atoms with Crippen LogP contribution in [0, 0.1) is 0 Å². The van der Waals surface area contributed by atoms with Crippen molar-refractivity contribution in [3.8, 4) is 0 Å². The van der Waals surface area contributed by atoms with Gasteiger partial charge in [0.05, 0.1) is 0 Å². The number of hydrogen-bond acceptors (Lipinski definition) is 6. The van der Waals surface area contributed by atoms with Gasteiger partial charge in [0, 0.05) is 11.5 Å². The first-order chi connectivity index (χ1) is 5.77. The van der Waals surface area contributed by atoms with Gasteiger partial charge < -0.3 is 11.1 Å². The molecule has 0 aliphatic carbocycles. The van der Waals surface area contributed by atoms with Gasteiger partial charge in [-0.05, 0) is 0 Å². The van der Waals surface area contributed by atoms with Crippen LogP contribution in [0.5, 0.6) is 0 Å². The smallest absolute Gasteiger partial charge is 0.231 e. The van der Waals surface area contributed by atoms with E-state index in [9.17, 15) is 9.59 Å². The van der Waals surface area contributed by atoms with Crippen molar-refractivity contribution in [2.24, 2.45) is 0 Å². The quantitative estimate of drug-likeness (QED) is 0.587. The SMILES string of the molecule is Nc1nc(C([C]=O)NC=O)ns1. The summed E-state index contributed by atoms with van der Waals surface area (Å²) < 4.78 is 3.73. The molecule has 0 bridgehead atoms. The minimum atomic E-state index is -0.920. The number of nitrogens with one attached hydrogen (secondary N) is 1. The summed E-state index contributed by atoms with van der Waals surface area (Å²) in [4.78, 5) is 23.9. The molecule has 1 amide bonds. The highest BCUT2D eigenvalue weighted by atomic mass is 32.1. The molecule has 1 aromatic rings. The van der Waals surface area contributed by atoms with Crippen molar-refractivity contribution in [1.82, 2.24) is 14.7 Å². The maximum atomic E-state index is 10.2.